The largest absolute Gasteiger partial charge is 0.457 e. The zero-order valence-corrected chi connectivity index (χ0v) is 19.7. The topological polar surface area (TPSA) is 44.9 Å². The molecule has 5 heteroatoms. The van der Waals surface area contributed by atoms with Crippen LogP contribution in [0, 0.1) is 20.8 Å². The Morgan fingerprint density at radius 3 is 2.21 bits per heavy atom. The highest BCUT2D eigenvalue weighted by molar-refractivity contribution is 5.82. The molecule has 0 atom stereocenters. The summed E-state index contributed by atoms with van der Waals surface area (Å²) in [5.41, 5.74) is 10.9. The number of imidazole rings is 2. The maximum absolute atomic E-state index is 6.51. The standard InChI is InChI=1S/C29H26N4O/c1-17-12-20(14-24-22(17)8-10-32-16-19(3)30-28(24)32)34-21-13-18(2)23-9-11-33-27-7-5-4-6-26(27)31-29(33)25(23)15-21/h4-7,12-16H,8-11H2,1-3H3. The molecule has 2 aliphatic heterocycles. The molecule has 7 rings (SSSR count). The Kier molecular flexibility index (Phi) is 4.07. The van der Waals surface area contributed by atoms with Gasteiger partial charge in [-0.2, -0.15) is 0 Å². The van der Waals surface area contributed by atoms with Gasteiger partial charge in [0, 0.05) is 30.4 Å². The van der Waals surface area contributed by atoms with Crippen molar-refractivity contribution in [2.75, 3.05) is 0 Å². The van der Waals surface area contributed by atoms with E-state index in [4.69, 9.17) is 14.7 Å². The van der Waals surface area contributed by atoms with Gasteiger partial charge in [-0.05, 0) is 92.3 Å². The summed E-state index contributed by atoms with van der Waals surface area (Å²) in [5.74, 6) is 3.79. The van der Waals surface area contributed by atoms with Crippen LogP contribution in [-0.4, -0.2) is 19.1 Å². The Labute approximate surface area is 198 Å². The third-order valence-corrected chi connectivity index (χ3v) is 7.35. The summed E-state index contributed by atoms with van der Waals surface area (Å²) in [6.07, 6.45) is 4.17. The van der Waals surface area contributed by atoms with Gasteiger partial charge >= 0.3 is 0 Å². The fourth-order valence-corrected chi connectivity index (χ4v) is 5.78. The molecule has 5 aromatic rings. The second-order valence-electron chi connectivity index (χ2n) is 9.61. The maximum Gasteiger partial charge on any atom is 0.141 e. The van der Waals surface area contributed by atoms with E-state index < -0.39 is 0 Å². The highest BCUT2D eigenvalue weighted by Gasteiger charge is 2.24. The van der Waals surface area contributed by atoms with Gasteiger partial charge in [0.25, 0.3) is 0 Å². The minimum atomic E-state index is 0.853. The summed E-state index contributed by atoms with van der Waals surface area (Å²) < 4.78 is 11.1. The Hall–Kier alpha value is -3.86. The molecule has 4 heterocycles. The minimum Gasteiger partial charge on any atom is -0.457 e. The first kappa shape index (κ1) is 19.6. The van der Waals surface area contributed by atoms with Crippen molar-refractivity contribution in [3.8, 4) is 34.3 Å². The number of aryl methyl sites for hydroxylation is 5. The van der Waals surface area contributed by atoms with E-state index >= 15 is 0 Å². The lowest BCUT2D eigenvalue weighted by Crippen LogP contribution is -2.12. The first-order chi connectivity index (χ1) is 16.5. The van der Waals surface area contributed by atoms with Gasteiger partial charge in [-0.25, -0.2) is 9.97 Å². The summed E-state index contributed by atoms with van der Waals surface area (Å²) in [6, 6.07) is 17.0. The third-order valence-electron chi connectivity index (χ3n) is 7.35. The van der Waals surface area contributed by atoms with Gasteiger partial charge in [-0.3, -0.25) is 0 Å². The quantitative estimate of drug-likeness (QED) is 0.315. The predicted octanol–water partition coefficient (Wildman–Crippen LogP) is 6.40. The molecule has 0 fully saturated rings. The minimum absolute atomic E-state index is 0.853. The molecule has 0 saturated heterocycles. The van der Waals surface area contributed by atoms with Crippen molar-refractivity contribution in [3.05, 3.63) is 82.7 Å². The van der Waals surface area contributed by atoms with Gasteiger partial charge in [0.05, 0.1) is 16.7 Å². The number of hydrogen-bond donors (Lipinski definition) is 0. The number of benzene rings is 3. The predicted molar refractivity (Wildman–Crippen MR) is 135 cm³/mol. The van der Waals surface area contributed by atoms with E-state index in [1.165, 1.54) is 38.9 Å². The summed E-state index contributed by atoms with van der Waals surface area (Å²) in [4.78, 5) is 9.78. The van der Waals surface area contributed by atoms with Crippen LogP contribution >= 0.6 is 0 Å². The van der Waals surface area contributed by atoms with Gasteiger partial charge in [-0.1, -0.05) is 12.1 Å². The van der Waals surface area contributed by atoms with E-state index in [1.54, 1.807) is 0 Å². The Morgan fingerprint density at radius 2 is 1.44 bits per heavy atom. The maximum atomic E-state index is 6.51. The number of hydrogen-bond acceptors (Lipinski definition) is 3. The van der Waals surface area contributed by atoms with Crippen molar-refractivity contribution < 1.29 is 4.74 Å². The molecule has 2 aliphatic rings. The van der Waals surface area contributed by atoms with Gasteiger partial charge in [0.2, 0.25) is 0 Å². The van der Waals surface area contributed by atoms with Crippen molar-refractivity contribution in [1.82, 2.24) is 19.1 Å². The lowest BCUT2D eigenvalue weighted by Gasteiger charge is -2.23. The summed E-state index contributed by atoms with van der Waals surface area (Å²) in [5, 5.41) is 0. The van der Waals surface area contributed by atoms with Crippen molar-refractivity contribution in [3.63, 3.8) is 0 Å². The highest BCUT2D eigenvalue weighted by atomic mass is 16.5. The van der Waals surface area contributed by atoms with E-state index in [2.05, 4.69) is 84.6 Å². The van der Waals surface area contributed by atoms with Gasteiger partial charge in [-0.15, -0.1) is 0 Å². The smallest absolute Gasteiger partial charge is 0.141 e. The van der Waals surface area contributed by atoms with E-state index in [1.807, 2.05) is 0 Å². The van der Waals surface area contributed by atoms with E-state index in [-0.39, 0.29) is 0 Å². The molecule has 2 aromatic heterocycles. The van der Waals surface area contributed by atoms with Crippen LogP contribution in [0.25, 0.3) is 33.8 Å². The molecule has 0 radical (unpaired) electrons. The Morgan fingerprint density at radius 1 is 0.765 bits per heavy atom. The fraction of sp³-hybridized carbons (Fsp3) is 0.241. The van der Waals surface area contributed by atoms with Gasteiger partial charge in [0.1, 0.15) is 23.1 Å². The molecule has 0 saturated carbocycles. The van der Waals surface area contributed by atoms with Crippen LogP contribution in [0.1, 0.15) is 27.9 Å². The molecule has 34 heavy (non-hydrogen) atoms. The van der Waals surface area contributed by atoms with Crippen LogP contribution in [-0.2, 0) is 25.9 Å². The molecule has 3 aromatic carbocycles. The normalized spacial score (nSPS) is 13.9. The highest BCUT2D eigenvalue weighted by Crippen LogP contribution is 2.40. The lowest BCUT2D eigenvalue weighted by molar-refractivity contribution is 0.481. The molecule has 5 nitrogen and oxygen atoms in total. The van der Waals surface area contributed by atoms with Crippen molar-refractivity contribution in [2.24, 2.45) is 0 Å². The molecule has 0 bridgehead atoms. The molecule has 168 valence electrons. The number of para-hydroxylation sites is 2. The summed E-state index contributed by atoms with van der Waals surface area (Å²) in [6.45, 7) is 8.36. The summed E-state index contributed by atoms with van der Waals surface area (Å²) in [7, 11) is 0. The molecule has 0 N–H and O–H groups in total. The Balaban J connectivity index is 1.32. The lowest BCUT2D eigenvalue weighted by atomic mass is 9.95. The SMILES string of the molecule is Cc1cn2c(n1)-c1cc(Oc3cc(C)c4c(c3)-c3nc5ccccc5n3CC4)cc(C)c1CC2. The van der Waals surface area contributed by atoms with Crippen LogP contribution in [0.15, 0.2) is 54.7 Å². The Bertz CT molecular complexity index is 1620. The molecule has 0 spiro atoms. The average molecular weight is 447 g/mol. The second kappa shape index (κ2) is 7.07. The van der Waals surface area contributed by atoms with Crippen LogP contribution in [0.3, 0.4) is 0 Å². The first-order valence-corrected chi connectivity index (χ1v) is 12.0. The van der Waals surface area contributed by atoms with Gasteiger partial charge in [0.15, 0.2) is 0 Å². The fourth-order valence-electron chi connectivity index (χ4n) is 5.78. The van der Waals surface area contributed by atoms with Crippen LogP contribution in [0.5, 0.6) is 11.5 Å². The van der Waals surface area contributed by atoms with Crippen LogP contribution in [0.4, 0.5) is 0 Å². The molecule has 0 aliphatic carbocycles. The number of aromatic nitrogens is 4. The van der Waals surface area contributed by atoms with E-state index in [9.17, 15) is 0 Å². The number of rotatable bonds is 2. The molecular formula is C29H26N4O. The molecule has 0 unspecified atom stereocenters. The number of nitrogens with zero attached hydrogens (tertiary/aromatic N) is 4. The zero-order chi connectivity index (χ0) is 23.0. The van der Waals surface area contributed by atoms with E-state index in [0.29, 0.717) is 0 Å². The molecular weight excluding hydrogens is 420 g/mol. The number of fused-ring (bicyclic) bond motifs is 8. The zero-order valence-electron chi connectivity index (χ0n) is 19.7. The monoisotopic (exact) mass is 446 g/mol. The van der Waals surface area contributed by atoms with Crippen LogP contribution in [0.2, 0.25) is 0 Å². The van der Waals surface area contributed by atoms with Crippen molar-refractivity contribution in [2.45, 2.75) is 46.7 Å². The van der Waals surface area contributed by atoms with Crippen molar-refractivity contribution in [1.29, 1.82) is 0 Å². The van der Waals surface area contributed by atoms with Crippen LogP contribution < -0.4 is 4.74 Å². The molecule has 0 amide bonds. The first-order valence-electron chi connectivity index (χ1n) is 12.0. The van der Waals surface area contributed by atoms with Gasteiger partial charge < -0.3 is 13.9 Å². The van der Waals surface area contributed by atoms with E-state index in [0.717, 1.165) is 60.3 Å². The second-order valence-corrected chi connectivity index (χ2v) is 9.61. The summed E-state index contributed by atoms with van der Waals surface area (Å²) >= 11 is 0. The number of ether oxygens (including phenoxy) is 1. The third kappa shape index (κ3) is 2.86. The average Bonchev–Trinajstić information content (AvgIpc) is 3.39. The van der Waals surface area contributed by atoms with Crippen molar-refractivity contribution >= 4 is 11.0 Å².